The Kier molecular flexibility index (Phi) is 7.85. The molecule has 9 nitrogen and oxygen atoms in total. The molecule has 3 aromatic carbocycles. The van der Waals surface area contributed by atoms with Gasteiger partial charge in [0, 0.05) is 23.6 Å². The Morgan fingerprint density at radius 3 is 2.14 bits per heavy atom. The van der Waals surface area contributed by atoms with E-state index < -0.39 is 23.6 Å². The van der Waals surface area contributed by atoms with Gasteiger partial charge in [0.2, 0.25) is 17.7 Å². The number of hydrogen-bond acceptors (Lipinski definition) is 8. The number of carbonyl (C=O) groups is 4. The highest BCUT2D eigenvalue weighted by molar-refractivity contribution is 6.49. The lowest BCUT2D eigenvalue weighted by molar-refractivity contribution is -0.152. The van der Waals surface area contributed by atoms with E-state index in [1.54, 1.807) is 30.3 Å². The van der Waals surface area contributed by atoms with Crippen LogP contribution in [0.25, 0.3) is 6.08 Å². The molecule has 0 saturated heterocycles. The fraction of sp³-hybridized carbons (Fsp3) is 0.107. The van der Waals surface area contributed by atoms with Crippen LogP contribution in [-0.2, 0) is 19.2 Å². The molecule has 0 aliphatic carbocycles. The van der Waals surface area contributed by atoms with Gasteiger partial charge in [0.05, 0.1) is 18.5 Å². The molecule has 1 unspecified atom stereocenters. The maximum Gasteiger partial charge on any atom is 0.350 e. The second kappa shape index (κ2) is 11.6. The van der Waals surface area contributed by atoms with Crippen LogP contribution in [-0.4, -0.2) is 42.4 Å². The summed E-state index contributed by atoms with van der Waals surface area (Å²) in [6, 6.07) is 21.9. The largest absolute Gasteiger partial charge is 0.466 e. The van der Waals surface area contributed by atoms with Gasteiger partial charge in [-0.25, -0.2) is 4.79 Å². The van der Waals surface area contributed by atoms with Crippen LogP contribution in [0.5, 0.6) is 0 Å². The first-order valence-corrected chi connectivity index (χ1v) is 11.3. The standard InChI is InChI=1S/C28H23N3O6/c1-36-28(35)24-17-23(31-37-24)19-12-14-21(15-13-19)27(34)26(33)20-10-7-18(8-11-20)9-16-25(32)30-29-22-5-3-2-4-6-22/h2-16,24,29H,17H2,1H3,(H,30,32)/b16-9+. The predicted octanol–water partition coefficient (Wildman–Crippen LogP) is 3.57. The number of amides is 1. The lowest BCUT2D eigenvalue weighted by Gasteiger charge is -2.06. The number of ether oxygens (including phenoxy) is 1. The molecule has 1 amide bonds. The van der Waals surface area contributed by atoms with Crippen molar-refractivity contribution in [3.63, 3.8) is 0 Å². The predicted molar refractivity (Wildman–Crippen MR) is 137 cm³/mol. The number of hydrogen-bond donors (Lipinski definition) is 2. The third-order valence-corrected chi connectivity index (χ3v) is 5.52. The molecule has 3 aromatic rings. The minimum absolute atomic E-state index is 0.226. The molecule has 1 aliphatic rings. The molecule has 186 valence electrons. The summed E-state index contributed by atoms with van der Waals surface area (Å²) in [5.41, 5.74) is 8.47. The number of benzene rings is 3. The second-order valence-corrected chi connectivity index (χ2v) is 8.03. The molecular weight excluding hydrogens is 474 g/mol. The number of carbonyl (C=O) groups excluding carboxylic acids is 4. The van der Waals surface area contributed by atoms with Gasteiger partial charge < -0.3 is 9.57 Å². The van der Waals surface area contributed by atoms with Crippen molar-refractivity contribution in [2.45, 2.75) is 12.5 Å². The molecule has 0 aromatic heterocycles. The molecule has 2 N–H and O–H groups in total. The van der Waals surface area contributed by atoms with Crippen molar-refractivity contribution in [1.29, 1.82) is 0 Å². The normalized spacial score (nSPS) is 14.4. The lowest BCUT2D eigenvalue weighted by atomic mass is 9.98. The van der Waals surface area contributed by atoms with Gasteiger partial charge in [-0.05, 0) is 29.3 Å². The van der Waals surface area contributed by atoms with E-state index in [1.807, 2.05) is 30.3 Å². The van der Waals surface area contributed by atoms with Gasteiger partial charge in [0.1, 0.15) is 0 Å². The highest BCUT2D eigenvalue weighted by atomic mass is 16.7. The van der Waals surface area contributed by atoms with Crippen molar-refractivity contribution in [3.8, 4) is 0 Å². The van der Waals surface area contributed by atoms with Crippen molar-refractivity contribution in [2.24, 2.45) is 5.16 Å². The van der Waals surface area contributed by atoms with Crippen LogP contribution in [0.4, 0.5) is 5.69 Å². The molecule has 1 atom stereocenters. The summed E-state index contributed by atoms with van der Waals surface area (Å²) in [5, 5.41) is 3.90. The first-order chi connectivity index (χ1) is 17.9. The Bertz CT molecular complexity index is 1360. The van der Waals surface area contributed by atoms with Crippen molar-refractivity contribution >= 4 is 40.9 Å². The molecule has 1 aliphatic heterocycles. The maximum atomic E-state index is 12.7. The summed E-state index contributed by atoms with van der Waals surface area (Å²) in [5.74, 6) is -2.17. The quantitative estimate of drug-likeness (QED) is 0.152. The van der Waals surface area contributed by atoms with Crippen LogP contribution >= 0.6 is 0 Å². The van der Waals surface area contributed by atoms with E-state index >= 15 is 0 Å². The van der Waals surface area contributed by atoms with Crippen molar-refractivity contribution in [3.05, 3.63) is 107 Å². The average molecular weight is 498 g/mol. The zero-order valence-electron chi connectivity index (χ0n) is 19.8. The molecule has 1 heterocycles. The van der Waals surface area contributed by atoms with Gasteiger partial charge in [-0.3, -0.25) is 25.2 Å². The summed E-state index contributed by atoms with van der Waals surface area (Å²) in [4.78, 5) is 54.1. The van der Waals surface area contributed by atoms with E-state index in [0.717, 1.165) is 5.69 Å². The number of anilines is 1. The van der Waals surface area contributed by atoms with E-state index in [0.29, 0.717) is 16.8 Å². The first kappa shape index (κ1) is 25.1. The maximum absolute atomic E-state index is 12.7. The van der Waals surface area contributed by atoms with Gasteiger partial charge in [-0.2, -0.15) is 0 Å². The van der Waals surface area contributed by atoms with Gasteiger partial charge >= 0.3 is 5.97 Å². The van der Waals surface area contributed by atoms with Crippen LogP contribution in [0, 0.1) is 0 Å². The van der Waals surface area contributed by atoms with Crippen LogP contribution in [0.3, 0.4) is 0 Å². The number of Topliss-reactive ketones (excluding diaryl/α,β-unsaturated/α-hetero) is 2. The third-order valence-electron chi connectivity index (χ3n) is 5.52. The number of hydrazine groups is 1. The van der Waals surface area contributed by atoms with Crippen molar-refractivity contribution in [2.75, 3.05) is 12.5 Å². The van der Waals surface area contributed by atoms with E-state index in [-0.39, 0.29) is 23.5 Å². The van der Waals surface area contributed by atoms with Crippen molar-refractivity contribution < 1.29 is 28.8 Å². The number of methoxy groups -OCH3 is 1. The third kappa shape index (κ3) is 6.34. The fourth-order valence-electron chi connectivity index (χ4n) is 3.50. The molecule has 0 saturated carbocycles. The van der Waals surface area contributed by atoms with Gasteiger partial charge in [0.25, 0.3) is 5.91 Å². The summed E-state index contributed by atoms with van der Waals surface area (Å²) in [6.45, 7) is 0. The Morgan fingerprint density at radius 1 is 0.892 bits per heavy atom. The van der Waals surface area contributed by atoms with Crippen LogP contribution in [0.1, 0.15) is 38.3 Å². The Balaban J connectivity index is 1.32. The van der Waals surface area contributed by atoms with E-state index in [1.165, 1.54) is 37.5 Å². The Morgan fingerprint density at radius 2 is 1.51 bits per heavy atom. The molecule has 9 heteroatoms. The topological polar surface area (TPSA) is 123 Å². The number of nitrogens with zero attached hydrogens (tertiary/aromatic N) is 1. The van der Waals surface area contributed by atoms with Gasteiger partial charge in [0.15, 0.2) is 0 Å². The van der Waals surface area contributed by atoms with E-state index in [9.17, 15) is 19.2 Å². The Hall–Kier alpha value is -5.05. The summed E-state index contributed by atoms with van der Waals surface area (Å²) >= 11 is 0. The number of ketones is 2. The van der Waals surface area contributed by atoms with Crippen LogP contribution in [0.2, 0.25) is 0 Å². The zero-order valence-corrected chi connectivity index (χ0v) is 19.8. The highest BCUT2D eigenvalue weighted by Crippen LogP contribution is 2.19. The summed E-state index contributed by atoms with van der Waals surface area (Å²) in [6.07, 6.45) is 2.41. The van der Waals surface area contributed by atoms with Crippen LogP contribution < -0.4 is 10.9 Å². The number of nitrogens with one attached hydrogen (secondary N) is 2. The number of rotatable bonds is 9. The zero-order chi connectivity index (χ0) is 26.2. The SMILES string of the molecule is COC(=O)C1CC(c2ccc(C(=O)C(=O)c3ccc(/C=C/C(=O)NNc4ccccc4)cc3)cc2)=NO1. The number of para-hydroxylation sites is 1. The van der Waals surface area contributed by atoms with E-state index in [2.05, 4.69) is 20.7 Å². The molecule has 0 bridgehead atoms. The highest BCUT2D eigenvalue weighted by Gasteiger charge is 2.29. The minimum atomic E-state index is -0.791. The number of esters is 1. The molecule has 0 fully saturated rings. The lowest BCUT2D eigenvalue weighted by Crippen LogP contribution is -2.27. The number of oxime groups is 1. The molecule has 0 spiro atoms. The summed E-state index contributed by atoms with van der Waals surface area (Å²) in [7, 11) is 1.27. The monoisotopic (exact) mass is 497 g/mol. The molecule has 4 rings (SSSR count). The molecule has 0 radical (unpaired) electrons. The minimum Gasteiger partial charge on any atom is -0.466 e. The van der Waals surface area contributed by atoms with Crippen LogP contribution in [0.15, 0.2) is 90.1 Å². The second-order valence-electron chi connectivity index (χ2n) is 8.03. The first-order valence-electron chi connectivity index (χ1n) is 11.3. The Labute approximate surface area is 212 Å². The van der Waals surface area contributed by atoms with Gasteiger partial charge in [-0.1, -0.05) is 71.9 Å². The van der Waals surface area contributed by atoms with Gasteiger partial charge in [-0.15, -0.1) is 0 Å². The smallest absolute Gasteiger partial charge is 0.350 e. The van der Waals surface area contributed by atoms with E-state index in [4.69, 9.17) is 4.84 Å². The van der Waals surface area contributed by atoms with Crippen molar-refractivity contribution in [1.82, 2.24) is 5.43 Å². The molecular formula is C28H23N3O6. The fourth-order valence-corrected chi connectivity index (χ4v) is 3.50. The average Bonchev–Trinajstić information content (AvgIpc) is 3.45. The molecule has 37 heavy (non-hydrogen) atoms. The summed E-state index contributed by atoms with van der Waals surface area (Å²) < 4.78 is 4.65.